The normalized spacial score (nSPS) is 14.6. The molecule has 2 aromatic carbocycles. The van der Waals surface area contributed by atoms with Crippen LogP contribution in [0, 0.1) is 0 Å². The zero-order valence-corrected chi connectivity index (χ0v) is 21.0. The van der Waals surface area contributed by atoms with Gasteiger partial charge in [-0.05, 0) is 30.3 Å². The first-order valence-electron chi connectivity index (χ1n) is 11.2. The minimum Gasteiger partial charge on any atom is -0.379 e. The van der Waals surface area contributed by atoms with Gasteiger partial charge < -0.3 is 20.4 Å². The summed E-state index contributed by atoms with van der Waals surface area (Å²) >= 11 is 6.32. The molecule has 0 bridgehead atoms. The van der Waals surface area contributed by atoms with Gasteiger partial charge in [0.15, 0.2) is 5.82 Å². The molecule has 1 aliphatic rings. The zero-order chi connectivity index (χ0) is 25.1. The van der Waals surface area contributed by atoms with Crippen LogP contribution in [-0.2, 0) is 21.3 Å². The van der Waals surface area contributed by atoms with Crippen molar-refractivity contribution in [3.63, 3.8) is 0 Å². The molecule has 0 atom stereocenters. The second kappa shape index (κ2) is 10.3. The lowest BCUT2D eigenvalue weighted by atomic mass is 10.2. The van der Waals surface area contributed by atoms with Crippen LogP contribution in [-0.4, -0.2) is 65.8 Å². The number of ether oxygens (including phenoxy) is 1. The van der Waals surface area contributed by atoms with Crippen molar-refractivity contribution in [2.45, 2.75) is 6.54 Å². The van der Waals surface area contributed by atoms with Gasteiger partial charge in [0, 0.05) is 18.8 Å². The lowest BCUT2D eigenvalue weighted by Gasteiger charge is -2.25. The number of aromatic amines is 1. The third-order valence-corrected chi connectivity index (χ3v) is 6.35. The largest absolute Gasteiger partial charge is 0.379 e. The summed E-state index contributed by atoms with van der Waals surface area (Å²) in [7, 11) is -3.46. The van der Waals surface area contributed by atoms with E-state index in [0.717, 1.165) is 61.6 Å². The number of hydrogen-bond acceptors (Lipinski definition) is 9. The van der Waals surface area contributed by atoms with E-state index in [9.17, 15) is 8.42 Å². The van der Waals surface area contributed by atoms with Gasteiger partial charge in [0.05, 0.1) is 54.6 Å². The van der Waals surface area contributed by atoms with Gasteiger partial charge in [-0.1, -0.05) is 23.7 Å². The molecular weight excluding hydrogens is 504 g/mol. The quantitative estimate of drug-likeness (QED) is 0.270. The Balaban J connectivity index is 1.33. The summed E-state index contributed by atoms with van der Waals surface area (Å²) in [6, 6.07) is 12.6. The number of rotatable bonds is 8. The standard InChI is InChI=1S/C23H25ClN8O3S/c1-36(33,34)31-19-5-3-2-4-17(19)29-22-16(24)13-25-23(30-22)26-15-6-7-18-20(12-15)28-21(27-18)14-32-8-10-35-11-9-32/h2-7,12-13,31H,8-11,14H2,1H3,(H,27,28)(H2,25,26,29,30). The molecule has 2 aromatic heterocycles. The zero-order valence-electron chi connectivity index (χ0n) is 19.5. The van der Waals surface area contributed by atoms with Crippen LogP contribution in [0.5, 0.6) is 0 Å². The molecule has 1 saturated heterocycles. The van der Waals surface area contributed by atoms with E-state index in [0.29, 0.717) is 23.1 Å². The number of anilines is 5. The van der Waals surface area contributed by atoms with Crippen LogP contribution in [0.3, 0.4) is 0 Å². The molecule has 3 heterocycles. The molecule has 0 saturated carbocycles. The molecule has 5 rings (SSSR count). The first-order chi connectivity index (χ1) is 17.3. The van der Waals surface area contributed by atoms with E-state index in [4.69, 9.17) is 16.3 Å². The van der Waals surface area contributed by atoms with Crippen LogP contribution in [0.2, 0.25) is 5.02 Å². The van der Waals surface area contributed by atoms with Crippen LogP contribution in [0.25, 0.3) is 11.0 Å². The van der Waals surface area contributed by atoms with E-state index in [2.05, 4.69) is 40.2 Å². The highest BCUT2D eigenvalue weighted by atomic mass is 35.5. The van der Waals surface area contributed by atoms with E-state index >= 15 is 0 Å². The Labute approximate surface area is 213 Å². The fourth-order valence-corrected chi connectivity index (χ4v) is 4.55. The number of aromatic nitrogens is 4. The van der Waals surface area contributed by atoms with Gasteiger partial charge in [-0.25, -0.2) is 18.4 Å². The summed E-state index contributed by atoms with van der Waals surface area (Å²) in [5.74, 6) is 1.55. The molecule has 1 fully saturated rings. The van der Waals surface area contributed by atoms with Crippen LogP contribution in [0.15, 0.2) is 48.7 Å². The van der Waals surface area contributed by atoms with Crippen molar-refractivity contribution in [3.8, 4) is 0 Å². The average Bonchev–Trinajstić information content (AvgIpc) is 3.23. The van der Waals surface area contributed by atoms with Crippen molar-refractivity contribution >= 4 is 61.5 Å². The fraction of sp³-hybridized carbons (Fsp3) is 0.261. The second-order valence-electron chi connectivity index (χ2n) is 8.36. The lowest BCUT2D eigenvalue weighted by molar-refractivity contribution is 0.0332. The maximum atomic E-state index is 11.7. The number of halogens is 1. The molecule has 36 heavy (non-hydrogen) atoms. The molecule has 0 spiro atoms. The average molecular weight is 529 g/mol. The van der Waals surface area contributed by atoms with Gasteiger partial charge in [0.25, 0.3) is 0 Å². The predicted molar refractivity (Wildman–Crippen MR) is 141 cm³/mol. The minimum absolute atomic E-state index is 0.284. The highest BCUT2D eigenvalue weighted by molar-refractivity contribution is 7.92. The van der Waals surface area contributed by atoms with Gasteiger partial charge in [0.1, 0.15) is 10.8 Å². The van der Waals surface area contributed by atoms with E-state index < -0.39 is 10.0 Å². The second-order valence-corrected chi connectivity index (χ2v) is 10.5. The number of imidazole rings is 1. The molecule has 0 aliphatic carbocycles. The Kier molecular flexibility index (Phi) is 6.92. The number of nitrogens with one attached hydrogen (secondary N) is 4. The van der Waals surface area contributed by atoms with E-state index in [-0.39, 0.29) is 5.02 Å². The monoisotopic (exact) mass is 528 g/mol. The SMILES string of the molecule is CS(=O)(=O)Nc1ccccc1Nc1nc(Nc2ccc3nc(CN4CCOCC4)[nH]c3c2)ncc1Cl. The number of morpholine rings is 1. The molecule has 1 aliphatic heterocycles. The number of sulfonamides is 1. The summed E-state index contributed by atoms with van der Waals surface area (Å²) in [5, 5.41) is 6.55. The van der Waals surface area contributed by atoms with Crippen molar-refractivity contribution < 1.29 is 13.2 Å². The van der Waals surface area contributed by atoms with E-state index in [1.54, 1.807) is 24.3 Å². The lowest BCUT2D eigenvalue weighted by Crippen LogP contribution is -2.35. The number of para-hydroxylation sites is 2. The number of H-pyrrole nitrogens is 1. The minimum atomic E-state index is -3.46. The first kappa shape index (κ1) is 24.3. The van der Waals surface area contributed by atoms with Crippen LogP contribution < -0.4 is 15.4 Å². The highest BCUT2D eigenvalue weighted by Gasteiger charge is 2.14. The molecule has 13 heteroatoms. The van der Waals surface area contributed by atoms with Crippen LogP contribution >= 0.6 is 11.6 Å². The Morgan fingerprint density at radius 2 is 1.86 bits per heavy atom. The number of benzene rings is 2. The Morgan fingerprint density at radius 1 is 1.08 bits per heavy atom. The Morgan fingerprint density at radius 3 is 2.64 bits per heavy atom. The smallest absolute Gasteiger partial charge is 0.229 e. The molecule has 4 aromatic rings. The van der Waals surface area contributed by atoms with Crippen molar-refractivity contribution in [1.29, 1.82) is 0 Å². The molecule has 0 radical (unpaired) electrons. The summed E-state index contributed by atoms with van der Waals surface area (Å²) < 4.78 is 31.3. The predicted octanol–water partition coefficient (Wildman–Crippen LogP) is 3.70. The third-order valence-electron chi connectivity index (χ3n) is 5.48. The molecule has 4 N–H and O–H groups in total. The van der Waals surface area contributed by atoms with Crippen molar-refractivity contribution in [2.24, 2.45) is 0 Å². The molecule has 0 amide bonds. The van der Waals surface area contributed by atoms with Gasteiger partial charge in [-0.15, -0.1) is 0 Å². The number of fused-ring (bicyclic) bond motifs is 1. The maximum Gasteiger partial charge on any atom is 0.229 e. The fourth-order valence-electron chi connectivity index (χ4n) is 3.84. The van der Waals surface area contributed by atoms with Gasteiger partial charge >= 0.3 is 0 Å². The Hall–Kier alpha value is -3.45. The van der Waals surface area contributed by atoms with Crippen molar-refractivity contribution in [2.75, 3.05) is 47.9 Å². The van der Waals surface area contributed by atoms with Gasteiger partial charge in [-0.2, -0.15) is 4.98 Å². The summed E-state index contributed by atoms with van der Waals surface area (Å²) in [4.78, 5) is 19.1. The number of nitrogens with zero attached hydrogens (tertiary/aromatic N) is 4. The summed E-state index contributed by atoms with van der Waals surface area (Å²) in [6.07, 6.45) is 2.56. The third kappa shape index (κ3) is 6.02. The first-order valence-corrected chi connectivity index (χ1v) is 13.5. The van der Waals surface area contributed by atoms with Crippen molar-refractivity contribution in [3.05, 3.63) is 59.5 Å². The molecule has 11 nitrogen and oxygen atoms in total. The Bertz CT molecular complexity index is 1490. The van der Waals surface area contributed by atoms with Crippen LogP contribution in [0.4, 0.5) is 28.8 Å². The summed E-state index contributed by atoms with van der Waals surface area (Å²) in [6.45, 7) is 4.01. The number of hydrogen-bond donors (Lipinski definition) is 4. The molecule has 0 unspecified atom stereocenters. The van der Waals surface area contributed by atoms with Gasteiger partial charge in [-0.3, -0.25) is 9.62 Å². The van der Waals surface area contributed by atoms with Crippen LogP contribution in [0.1, 0.15) is 5.82 Å². The van der Waals surface area contributed by atoms with E-state index in [1.165, 1.54) is 6.20 Å². The maximum absolute atomic E-state index is 11.7. The summed E-state index contributed by atoms with van der Waals surface area (Å²) in [5.41, 5.74) is 3.42. The highest BCUT2D eigenvalue weighted by Crippen LogP contribution is 2.30. The molecular formula is C23H25ClN8O3S. The topological polar surface area (TPSA) is 137 Å². The molecule has 188 valence electrons. The van der Waals surface area contributed by atoms with Crippen molar-refractivity contribution in [1.82, 2.24) is 24.8 Å². The van der Waals surface area contributed by atoms with E-state index in [1.807, 2.05) is 18.2 Å². The van der Waals surface area contributed by atoms with Gasteiger partial charge in [0.2, 0.25) is 16.0 Å².